The standard InChI is InChI=1S/C28H32ClN3.2C7H17Si.Fe/c1-16(2)23-14-17(3)12-19(5)27(23)30-21(7)25-10-9-11-26(32-25)22(8)31-28-20(6)13-18(4)15-24(28)29;2*1-5-8(4,6-2)7-3;/h9-16H,1-8H3;2*4-7H2,1-3H3;/q;2*-1;+2. The second-order valence-electron chi connectivity index (χ2n) is 14.0. The van der Waals surface area contributed by atoms with Crippen LogP contribution in [0.3, 0.4) is 0 Å². The van der Waals surface area contributed by atoms with Gasteiger partial charge in [0.25, 0.3) is 0 Å². The van der Waals surface area contributed by atoms with Gasteiger partial charge in [-0.3, -0.25) is 4.99 Å². The van der Waals surface area contributed by atoms with Gasteiger partial charge in [0.15, 0.2) is 0 Å². The number of aliphatic imine (C=N–C) groups is 2. The van der Waals surface area contributed by atoms with Gasteiger partial charge in [0.05, 0.1) is 39.2 Å². The van der Waals surface area contributed by atoms with Crippen LogP contribution in [0, 0.1) is 40.8 Å². The molecule has 49 heavy (non-hydrogen) atoms. The van der Waals surface area contributed by atoms with Crippen molar-refractivity contribution in [2.45, 2.75) is 139 Å². The second kappa shape index (κ2) is 22.2. The average Bonchev–Trinajstić information content (AvgIpc) is 3.07. The van der Waals surface area contributed by atoms with Crippen molar-refractivity contribution in [3.05, 3.63) is 99.8 Å². The van der Waals surface area contributed by atoms with Crippen LogP contribution in [0.25, 0.3) is 0 Å². The van der Waals surface area contributed by atoms with E-state index in [9.17, 15) is 0 Å². The molecular formula is C42H66ClFeN3Si2. The molecule has 3 rings (SSSR count). The minimum absolute atomic E-state index is 0. The smallest absolute Gasteiger partial charge is 0.342 e. The van der Waals surface area contributed by atoms with Crippen molar-refractivity contribution in [2.24, 2.45) is 9.98 Å². The Morgan fingerprint density at radius 2 is 1.04 bits per heavy atom. The molecule has 1 aromatic heterocycles. The molecule has 0 fully saturated rings. The molecule has 0 saturated carbocycles. The third-order valence-corrected chi connectivity index (χ3v) is 19.3. The van der Waals surface area contributed by atoms with Crippen LogP contribution in [-0.4, -0.2) is 32.6 Å². The number of hydrogen-bond donors (Lipinski definition) is 0. The normalized spacial score (nSPS) is 12.1. The largest absolute Gasteiger partial charge is 2.00 e. The Kier molecular flexibility index (Phi) is 21.4. The van der Waals surface area contributed by atoms with Crippen LogP contribution in [0.2, 0.25) is 41.3 Å². The number of aromatic nitrogens is 1. The van der Waals surface area contributed by atoms with Crippen molar-refractivity contribution in [3.63, 3.8) is 0 Å². The van der Waals surface area contributed by atoms with Crippen LogP contribution in [-0.2, 0) is 17.1 Å². The Labute approximate surface area is 319 Å². The molecule has 0 saturated heterocycles. The molecule has 0 aliphatic rings. The summed E-state index contributed by atoms with van der Waals surface area (Å²) in [6.07, 6.45) is 0. The maximum atomic E-state index is 6.46. The van der Waals surface area contributed by atoms with Crippen molar-refractivity contribution in [2.75, 3.05) is 0 Å². The molecule has 0 radical (unpaired) electrons. The molecule has 3 aromatic rings. The molecule has 2 aromatic carbocycles. The average molecular weight is 760 g/mol. The van der Waals surface area contributed by atoms with Gasteiger partial charge in [-0.15, -0.1) is 0 Å². The third kappa shape index (κ3) is 14.7. The molecule has 1 heterocycles. The number of pyridine rings is 1. The summed E-state index contributed by atoms with van der Waals surface area (Å²) in [5.41, 5.74) is 11.1. The molecule has 0 amide bonds. The number of aryl methyl sites for hydroxylation is 4. The van der Waals surface area contributed by atoms with Gasteiger partial charge >= 0.3 is 17.1 Å². The van der Waals surface area contributed by atoms with E-state index in [1.807, 2.05) is 52.0 Å². The van der Waals surface area contributed by atoms with Crippen LogP contribution >= 0.6 is 11.6 Å². The third-order valence-electron chi connectivity index (χ3n) is 10.0. The zero-order valence-electron chi connectivity index (χ0n) is 33.3. The van der Waals surface area contributed by atoms with Gasteiger partial charge in [-0.1, -0.05) is 149 Å². The second-order valence-corrected chi connectivity index (χ2v) is 24.7. The van der Waals surface area contributed by atoms with Gasteiger partial charge in [-0.2, -0.15) is 0 Å². The van der Waals surface area contributed by atoms with E-state index in [4.69, 9.17) is 26.6 Å². The molecule has 7 heteroatoms. The SMILES string of the molecule is CC(=Nc1c(C)cc(C)cc1Cl)c1cccc(C(C)=Nc2c(C)cc(C)cc2C(C)C)n1.[CH2-][Si](CC)(CC)CC.[CH2-][Si](CC)(CC)CC.[Fe+2]. The fourth-order valence-corrected chi connectivity index (χ4v) is 8.79. The van der Waals surface area contributed by atoms with E-state index < -0.39 is 16.1 Å². The Bertz CT molecular complexity index is 1460. The number of hydrogen-bond acceptors (Lipinski definition) is 3. The topological polar surface area (TPSA) is 37.6 Å². The number of benzene rings is 2. The Morgan fingerprint density at radius 3 is 1.39 bits per heavy atom. The van der Waals surface area contributed by atoms with Crippen molar-refractivity contribution >= 4 is 50.5 Å². The van der Waals surface area contributed by atoms with Crippen LogP contribution in [0.15, 0.2) is 52.4 Å². The van der Waals surface area contributed by atoms with Gasteiger partial charge in [-0.25, -0.2) is 9.98 Å². The fourth-order valence-electron chi connectivity index (χ4n) is 5.42. The van der Waals surface area contributed by atoms with E-state index in [1.54, 1.807) is 0 Å². The summed E-state index contributed by atoms with van der Waals surface area (Å²) >= 11 is 6.46. The van der Waals surface area contributed by atoms with Gasteiger partial charge in [0, 0.05) is 0 Å². The number of rotatable bonds is 11. The van der Waals surface area contributed by atoms with E-state index in [1.165, 1.54) is 53.0 Å². The zero-order valence-corrected chi connectivity index (χ0v) is 37.2. The van der Waals surface area contributed by atoms with Crippen molar-refractivity contribution < 1.29 is 17.1 Å². The molecule has 0 bridgehead atoms. The predicted molar refractivity (Wildman–Crippen MR) is 224 cm³/mol. The first kappa shape index (κ1) is 47.2. The van der Waals surface area contributed by atoms with E-state index in [0.29, 0.717) is 10.9 Å². The summed E-state index contributed by atoms with van der Waals surface area (Å²) < 4.78 is 0. The fraction of sp³-hybridized carbons (Fsp3) is 0.500. The maximum Gasteiger partial charge on any atom is 2.00 e. The molecule has 0 aliphatic heterocycles. The summed E-state index contributed by atoms with van der Waals surface area (Å²) in [4.78, 5) is 14.7. The van der Waals surface area contributed by atoms with Crippen molar-refractivity contribution in [3.8, 4) is 0 Å². The molecule has 0 spiro atoms. The summed E-state index contributed by atoms with van der Waals surface area (Å²) in [5, 5.41) is 0.659. The molecule has 0 atom stereocenters. The first-order valence-electron chi connectivity index (χ1n) is 18.1. The molecular weight excluding hydrogens is 694 g/mol. The van der Waals surface area contributed by atoms with Gasteiger partial charge in [0.1, 0.15) is 0 Å². The van der Waals surface area contributed by atoms with Crippen LogP contribution in [0.5, 0.6) is 0 Å². The Balaban J connectivity index is 0.00000112. The van der Waals surface area contributed by atoms with E-state index in [0.717, 1.165) is 45.3 Å². The first-order chi connectivity index (χ1) is 22.4. The summed E-state index contributed by atoms with van der Waals surface area (Å²) in [6.45, 7) is 38.9. The zero-order chi connectivity index (χ0) is 36.8. The van der Waals surface area contributed by atoms with Crippen molar-refractivity contribution in [1.29, 1.82) is 0 Å². The van der Waals surface area contributed by atoms with E-state index >= 15 is 0 Å². The Hall–Kier alpha value is -1.83. The minimum atomic E-state index is -0.921. The monoisotopic (exact) mass is 759 g/mol. The van der Waals surface area contributed by atoms with Gasteiger partial charge in [0.2, 0.25) is 0 Å². The summed E-state index contributed by atoms with van der Waals surface area (Å²) in [6, 6.07) is 22.5. The number of nitrogens with zero attached hydrogens (tertiary/aromatic N) is 3. The van der Waals surface area contributed by atoms with Crippen molar-refractivity contribution in [1.82, 2.24) is 4.98 Å². The predicted octanol–water partition coefficient (Wildman–Crippen LogP) is 14.1. The molecule has 0 unspecified atom stereocenters. The van der Waals surface area contributed by atoms with Crippen LogP contribution in [0.1, 0.15) is 114 Å². The van der Waals surface area contributed by atoms with Crippen LogP contribution < -0.4 is 0 Å². The number of halogens is 1. The quantitative estimate of drug-likeness (QED) is 0.109. The molecule has 0 aliphatic carbocycles. The Morgan fingerprint density at radius 1 is 0.673 bits per heavy atom. The summed E-state index contributed by atoms with van der Waals surface area (Å²) in [5.74, 6) is 0.399. The molecule has 3 nitrogen and oxygen atoms in total. The van der Waals surface area contributed by atoms with Gasteiger partial charge in [-0.05, 0) is 87.9 Å². The maximum absolute atomic E-state index is 6.46. The van der Waals surface area contributed by atoms with E-state index in [-0.39, 0.29) is 17.1 Å². The van der Waals surface area contributed by atoms with E-state index in [2.05, 4.69) is 101 Å². The molecule has 0 N–H and O–H groups in total. The first-order valence-corrected chi connectivity index (χ1v) is 24.1. The molecule has 272 valence electrons. The van der Waals surface area contributed by atoms with Gasteiger partial charge < -0.3 is 13.1 Å². The minimum Gasteiger partial charge on any atom is -0.342 e. The summed E-state index contributed by atoms with van der Waals surface area (Å²) in [7, 11) is -1.84. The van der Waals surface area contributed by atoms with Crippen LogP contribution in [0.4, 0.5) is 11.4 Å².